The van der Waals surface area contributed by atoms with Gasteiger partial charge in [0.25, 0.3) is 0 Å². The zero-order valence-electron chi connectivity index (χ0n) is 8.81. The van der Waals surface area contributed by atoms with E-state index in [1.165, 1.54) is 11.3 Å². The van der Waals surface area contributed by atoms with Crippen LogP contribution in [0.4, 0.5) is 0 Å². The first-order valence-electron chi connectivity index (χ1n) is 4.84. The highest BCUT2D eigenvalue weighted by Gasteiger charge is 2.18. The Hall–Kier alpha value is 0.270. The number of hydrogen-bond acceptors (Lipinski definition) is 1. The van der Waals surface area contributed by atoms with E-state index < -0.39 is 0 Å². The van der Waals surface area contributed by atoms with Gasteiger partial charge < -0.3 is 0 Å². The van der Waals surface area contributed by atoms with Gasteiger partial charge in [-0.1, -0.05) is 45.2 Å². The summed E-state index contributed by atoms with van der Waals surface area (Å²) < 4.78 is 2.35. The molecule has 0 aliphatic heterocycles. The smallest absolute Gasteiger partial charge is 0.0994 e. The SMILES string of the molecule is Cc1cc(Br)ccc1C(Cl)c1cc(Cl)sc1Cl. The first kappa shape index (κ1) is 13.7. The molecule has 1 aromatic heterocycles. The molecule has 1 unspecified atom stereocenters. The summed E-state index contributed by atoms with van der Waals surface area (Å²) in [5, 5.41) is -0.264. The van der Waals surface area contributed by atoms with Crippen LogP contribution in [0, 0.1) is 6.92 Å². The number of benzene rings is 1. The minimum Gasteiger partial charge on any atom is -0.112 e. The second-order valence-corrected chi connectivity index (χ2v) is 7.28. The summed E-state index contributed by atoms with van der Waals surface area (Å²) in [7, 11) is 0. The average molecular weight is 371 g/mol. The van der Waals surface area contributed by atoms with Gasteiger partial charge in [0.1, 0.15) is 0 Å². The fraction of sp³-hybridized carbons (Fsp3) is 0.167. The Morgan fingerprint density at radius 1 is 1.18 bits per heavy atom. The van der Waals surface area contributed by atoms with Gasteiger partial charge in [-0.2, -0.15) is 0 Å². The Bertz CT molecular complexity index is 551. The summed E-state index contributed by atoms with van der Waals surface area (Å²) in [5.74, 6) is 0. The molecule has 0 amide bonds. The molecule has 17 heavy (non-hydrogen) atoms. The van der Waals surface area contributed by atoms with Gasteiger partial charge >= 0.3 is 0 Å². The molecule has 0 fully saturated rings. The van der Waals surface area contributed by atoms with Crippen LogP contribution in [0.1, 0.15) is 22.1 Å². The van der Waals surface area contributed by atoms with E-state index in [2.05, 4.69) is 15.9 Å². The van der Waals surface area contributed by atoms with E-state index in [4.69, 9.17) is 34.8 Å². The Kier molecular flexibility index (Phi) is 4.43. The maximum atomic E-state index is 6.46. The largest absolute Gasteiger partial charge is 0.112 e. The van der Waals surface area contributed by atoms with E-state index >= 15 is 0 Å². The van der Waals surface area contributed by atoms with Crippen LogP contribution in [0.25, 0.3) is 0 Å². The quantitative estimate of drug-likeness (QED) is 0.533. The fourth-order valence-electron chi connectivity index (χ4n) is 1.62. The third-order valence-electron chi connectivity index (χ3n) is 2.46. The topological polar surface area (TPSA) is 0 Å². The minimum atomic E-state index is -0.264. The van der Waals surface area contributed by atoms with Crippen molar-refractivity contribution in [2.45, 2.75) is 12.3 Å². The third-order valence-corrected chi connectivity index (χ3v) is 4.94. The van der Waals surface area contributed by atoms with E-state index in [0.29, 0.717) is 8.67 Å². The van der Waals surface area contributed by atoms with Gasteiger partial charge in [-0.15, -0.1) is 22.9 Å². The third kappa shape index (κ3) is 2.99. The minimum absolute atomic E-state index is 0.264. The van der Waals surface area contributed by atoms with Crippen molar-refractivity contribution in [3.8, 4) is 0 Å². The molecular formula is C12H8BrCl3S. The number of alkyl halides is 1. The van der Waals surface area contributed by atoms with Gasteiger partial charge in [-0.3, -0.25) is 0 Å². The zero-order chi connectivity index (χ0) is 12.6. The Balaban J connectivity index is 2.43. The lowest BCUT2D eigenvalue weighted by molar-refractivity contribution is 1.12. The molecule has 0 N–H and O–H groups in total. The van der Waals surface area contributed by atoms with E-state index in [0.717, 1.165) is 21.2 Å². The van der Waals surface area contributed by atoms with Gasteiger partial charge in [-0.05, 0) is 36.2 Å². The first-order valence-corrected chi connectivity index (χ1v) is 7.64. The van der Waals surface area contributed by atoms with Crippen molar-refractivity contribution in [2.24, 2.45) is 0 Å². The van der Waals surface area contributed by atoms with E-state index in [1.807, 2.05) is 31.2 Å². The number of hydrogen-bond donors (Lipinski definition) is 0. The van der Waals surface area contributed by atoms with Crippen LogP contribution in [0.2, 0.25) is 8.67 Å². The summed E-state index contributed by atoms with van der Waals surface area (Å²) in [6, 6.07) is 7.83. The molecule has 2 aromatic rings. The lowest BCUT2D eigenvalue weighted by Crippen LogP contribution is -1.95. The average Bonchev–Trinajstić information content (AvgIpc) is 2.57. The van der Waals surface area contributed by atoms with Crippen LogP contribution < -0.4 is 0 Å². The van der Waals surface area contributed by atoms with Gasteiger partial charge in [0.05, 0.1) is 14.0 Å². The van der Waals surface area contributed by atoms with E-state index in [-0.39, 0.29) is 5.38 Å². The summed E-state index contributed by atoms with van der Waals surface area (Å²) in [5.41, 5.74) is 3.04. The second kappa shape index (κ2) is 5.50. The standard InChI is InChI=1S/C12H8BrCl3S/c1-6-4-7(13)2-3-8(6)11(15)9-5-10(14)17-12(9)16/h2-5,11H,1H3. The van der Waals surface area contributed by atoms with Gasteiger partial charge in [-0.25, -0.2) is 0 Å². The van der Waals surface area contributed by atoms with Gasteiger partial charge in [0, 0.05) is 10.0 Å². The predicted octanol–water partition coefficient (Wildman–Crippen LogP) is 6.45. The van der Waals surface area contributed by atoms with Crippen molar-refractivity contribution >= 4 is 62.1 Å². The Labute approximate surface area is 128 Å². The molecule has 0 spiro atoms. The van der Waals surface area contributed by atoms with Crippen LogP contribution in [0.15, 0.2) is 28.7 Å². The summed E-state index contributed by atoms with van der Waals surface area (Å²) in [4.78, 5) is 0. The van der Waals surface area contributed by atoms with Crippen LogP contribution in [-0.2, 0) is 0 Å². The molecular weight excluding hydrogens is 362 g/mol. The Morgan fingerprint density at radius 3 is 2.41 bits per heavy atom. The molecule has 0 saturated carbocycles. The van der Waals surface area contributed by atoms with Gasteiger partial charge in [0.15, 0.2) is 0 Å². The summed E-state index contributed by atoms with van der Waals surface area (Å²) in [6.07, 6.45) is 0. The van der Waals surface area contributed by atoms with Crippen molar-refractivity contribution in [1.82, 2.24) is 0 Å². The van der Waals surface area contributed by atoms with Crippen LogP contribution in [-0.4, -0.2) is 0 Å². The predicted molar refractivity (Wildman–Crippen MR) is 80.9 cm³/mol. The highest BCUT2D eigenvalue weighted by atomic mass is 79.9. The highest BCUT2D eigenvalue weighted by molar-refractivity contribution is 9.10. The van der Waals surface area contributed by atoms with Crippen molar-refractivity contribution in [3.63, 3.8) is 0 Å². The number of halogens is 4. The molecule has 1 atom stereocenters. The molecule has 0 bridgehead atoms. The van der Waals surface area contributed by atoms with Gasteiger partial charge in [0.2, 0.25) is 0 Å². The monoisotopic (exact) mass is 368 g/mol. The zero-order valence-corrected chi connectivity index (χ0v) is 13.5. The van der Waals surface area contributed by atoms with Crippen molar-refractivity contribution in [2.75, 3.05) is 0 Å². The maximum Gasteiger partial charge on any atom is 0.0994 e. The maximum absolute atomic E-state index is 6.46. The first-order chi connectivity index (χ1) is 7.99. The molecule has 2 rings (SSSR count). The van der Waals surface area contributed by atoms with E-state index in [9.17, 15) is 0 Å². The van der Waals surface area contributed by atoms with Crippen LogP contribution in [0.5, 0.6) is 0 Å². The Morgan fingerprint density at radius 2 is 1.88 bits per heavy atom. The number of aryl methyl sites for hydroxylation is 1. The lowest BCUT2D eigenvalue weighted by Gasteiger charge is -2.12. The molecule has 0 saturated heterocycles. The molecule has 90 valence electrons. The van der Waals surface area contributed by atoms with Crippen molar-refractivity contribution < 1.29 is 0 Å². The second-order valence-electron chi connectivity index (χ2n) is 3.64. The van der Waals surface area contributed by atoms with E-state index in [1.54, 1.807) is 0 Å². The van der Waals surface area contributed by atoms with Crippen LogP contribution >= 0.6 is 62.1 Å². The summed E-state index contributed by atoms with van der Waals surface area (Å²) in [6.45, 7) is 2.03. The molecule has 0 aliphatic rings. The molecule has 5 heteroatoms. The molecule has 0 radical (unpaired) electrons. The van der Waals surface area contributed by atoms with Crippen molar-refractivity contribution in [3.05, 3.63) is 54.1 Å². The lowest BCUT2D eigenvalue weighted by atomic mass is 10.0. The number of rotatable bonds is 2. The highest BCUT2D eigenvalue weighted by Crippen LogP contribution is 2.41. The molecule has 0 nitrogen and oxygen atoms in total. The normalized spacial score (nSPS) is 12.8. The summed E-state index contributed by atoms with van der Waals surface area (Å²) >= 11 is 23.3. The van der Waals surface area contributed by atoms with Crippen LogP contribution in [0.3, 0.4) is 0 Å². The molecule has 0 aliphatic carbocycles. The van der Waals surface area contributed by atoms with Crippen molar-refractivity contribution in [1.29, 1.82) is 0 Å². The fourth-order valence-corrected chi connectivity index (χ4v) is 4.16. The number of thiophene rings is 1. The molecule has 1 heterocycles. The molecule has 1 aromatic carbocycles.